The highest BCUT2D eigenvalue weighted by Gasteiger charge is 2.03. The van der Waals surface area contributed by atoms with Crippen molar-refractivity contribution in [3.05, 3.63) is 71.3 Å². The van der Waals surface area contributed by atoms with Gasteiger partial charge in [-0.15, -0.1) is 0 Å². The highest BCUT2D eigenvalue weighted by atomic mass is 16.5. The van der Waals surface area contributed by atoms with Crippen LogP contribution in [-0.4, -0.2) is 12.5 Å². The molecule has 1 amide bonds. The predicted molar refractivity (Wildman–Crippen MR) is 89.7 cm³/mol. The first kappa shape index (κ1) is 15.8. The molecule has 2 rings (SSSR count). The Morgan fingerprint density at radius 2 is 2.00 bits per heavy atom. The maximum Gasteiger partial charge on any atom is 0.244 e. The van der Waals surface area contributed by atoms with Crippen molar-refractivity contribution in [1.82, 2.24) is 5.32 Å². The number of para-hydroxylation sites is 1. The molecule has 0 saturated carbocycles. The van der Waals surface area contributed by atoms with Crippen LogP contribution >= 0.6 is 0 Å². The SMILES string of the molecule is CCOc1ccccc1CNC(=O)C=Cc1cccc(C)c1. The third-order valence-electron chi connectivity index (χ3n) is 3.19. The van der Waals surface area contributed by atoms with E-state index in [1.165, 1.54) is 5.56 Å². The molecule has 114 valence electrons. The van der Waals surface area contributed by atoms with Crippen molar-refractivity contribution in [3.63, 3.8) is 0 Å². The van der Waals surface area contributed by atoms with Crippen LogP contribution in [0.15, 0.2) is 54.6 Å². The van der Waals surface area contributed by atoms with E-state index in [4.69, 9.17) is 4.74 Å². The summed E-state index contributed by atoms with van der Waals surface area (Å²) in [6.07, 6.45) is 3.37. The Morgan fingerprint density at radius 3 is 2.77 bits per heavy atom. The van der Waals surface area contributed by atoms with Gasteiger partial charge in [0.05, 0.1) is 6.61 Å². The summed E-state index contributed by atoms with van der Waals surface area (Å²) in [5.74, 6) is 0.695. The van der Waals surface area contributed by atoms with Crippen LogP contribution in [0.1, 0.15) is 23.6 Å². The molecule has 0 spiro atoms. The van der Waals surface area contributed by atoms with Crippen molar-refractivity contribution >= 4 is 12.0 Å². The summed E-state index contributed by atoms with van der Waals surface area (Å²) in [6.45, 7) is 5.04. The van der Waals surface area contributed by atoms with Crippen molar-refractivity contribution in [2.24, 2.45) is 0 Å². The minimum Gasteiger partial charge on any atom is -0.494 e. The number of nitrogens with one attached hydrogen (secondary N) is 1. The average Bonchev–Trinajstić information content (AvgIpc) is 2.52. The van der Waals surface area contributed by atoms with E-state index in [1.807, 2.05) is 68.5 Å². The molecule has 0 fully saturated rings. The van der Waals surface area contributed by atoms with Crippen LogP contribution in [0.2, 0.25) is 0 Å². The number of ether oxygens (including phenoxy) is 1. The molecule has 0 aliphatic heterocycles. The second kappa shape index (κ2) is 8.03. The van der Waals surface area contributed by atoms with E-state index in [0.717, 1.165) is 16.9 Å². The van der Waals surface area contributed by atoms with Gasteiger partial charge in [-0.2, -0.15) is 0 Å². The van der Waals surface area contributed by atoms with Gasteiger partial charge in [0.2, 0.25) is 5.91 Å². The lowest BCUT2D eigenvalue weighted by Gasteiger charge is -2.10. The fraction of sp³-hybridized carbons (Fsp3) is 0.211. The van der Waals surface area contributed by atoms with Gasteiger partial charge in [-0.1, -0.05) is 48.0 Å². The fourth-order valence-corrected chi connectivity index (χ4v) is 2.13. The third-order valence-corrected chi connectivity index (χ3v) is 3.19. The van der Waals surface area contributed by atoms with Gasteiger partial charge in [0.15, 0.2) is 0 Å². The molecular weight excluding hydrogens is 274 g/mol. The number of aryl methyl sites for hydroxylation is 1. The van der Waals surface area contributed by atoms with Crippen molar-refractivity contribution in [3.8, 4) is 5.75 Å². The molecule has 1 N–H and O–H groups in total. The maximum atomic E-state index is 11.9. The van der Waals surface area contributed by atoms with Crippen LogP contribution < -0.4 is 10.1 Å². The number of carbonyl (C=O) groups is 1. The zero-order valence-corrected chi connectivity index (χ0v) is 13.0. The van der Waals surface area contributed by atoms with Crippen LogP contribution in [-0.2, 0) is 11.3 Å². The second-order valence-electron chi connectivity index (χ2n) is 5.01. The summed E-state index contributed by atoms with van der Waals surface area (Å²) in [7, 11) is 0. The Morgan fingerprint density at radius 1 is 1.18 bits per heavy atom. The molecule has 0 bridgehead atoms. The van der Waals surface area contributed by atoms with Gasteiger partial charge in [0.25, 0.3) is 0 Å². The Balaban J connectivity index is 1.93. The Hall–Kier alpha value is -2.55. The molecule has 0 saturated heterocycles. The van der Waals surface area contributed by atoms with Crippen molar-refractivity contribution < 1.29 is 9.53 Å². The van der Waals surface area contributed by atoms with Crippen LogP contribution in [0.5, 0.6) is 5.75 Å². The minimum absolute atomic E-state index is 0.118. The Bertz CT molecular complexity index is 662. The Kier molecular flexibility index (Phi) is 5.78. The lowest BCUT2D eigenvalue weighted by Crippen LogP contribution is -2.20. The molecule has 2 aromatic carbocycles. The van der Waals surface area contributed by atoms with E-state index in [0.29, 0.717) is 13.2 Å². The summed E-state index contributed by atoms with van der Waals surface area (Å²) < 4.78 is 5.54. The summed E-state index contributed by atoms with van der Waals surface area (Å²) in [5, 5.41) is 2.88. The fourth-order valence-electron chi connectivity index (χ4n) is 2.13. The molecule has 0 unspecified atom stereocenters. The van der Waals surface area contributed by atoms with Gasteiger partial charge in [-0.05, 0) is 31.6 Å². The molecule has 0 aliphatic carbocycles. The van der Waals surface area contributed by atoms with Gasteiger partial charge < -0.3 is 10.1 Å². The molecule has 0 radical (unpaired) electrons. The van der Waals surface area contributed by atoms with E-state index in [2.05, 4.69) is 5.32 Å². The molecule has 22 heavy (non-hydrogen) atoms. The molecule has 0 atom stereocenters. The van der Waals surface area contributed by atoms with Crippen LogP contribution in [0.4, 0.5) is 0 Å². The van der Waals surface area contributed by atoms with Crippen molar-refractivity contribution in [1.29, 1.82) is 0 Å². The topological polar surface area (TPSA) is 38.3 Å². The van der Waals surface area contributed by atoms with Crippen LogP contribution in [0, 0.1) is 6.92 Å². The Labute approximate surface area is 131 Å². The number of carbonyl (C=O) groups excluding carboxylic acids is 1. The average molecular weight is 295 g/mol. The quantitative estimate of drug-likeness (QED) is 0.825. The van der Waals surface area contributed by atoms with Gasteiger partial charge in [-0.25, -0.2) is 0 Å². The maximum absolute atomic E-state index is 11.9. The summed E-state index contributed by atoms with van der Waals surface area (Å²) in [5.41, 5.74) is 3.17. The highest BCUT2D eigenvalue weighted by molar-refractivity contribution is 5.91. The van der Waals surface area contributed by atoms with E-state index < -0.39 is 0 Å². The van der Waals surface area contributed by atoms with E-state index in [1.54, 1.807) is 6.08 Å². The zero-order valence-electron chi connectivity index (χ0n) is 13.0. The zero-order chi connectivity index (χ0) is 15.8. The molecule has 0 aliphatic rings. The molecule has 3 nitrogen and oxygen atoms in total. The molecule has 0 aromatic heterocycles. The van der Waals surface area contributed by atoms with Crippen molar-refractivity contribution in [2.75, 3.05) is 6.61 Å². The summed E-state index contributed by atoms with van der Waals surface area (Å²) in [4.78, 5) is 11.9. The highest BCUT2D eigenvalue weighted by Crippen LogP contribution is 2.17. The first-order valence-corrected chi connectivity index (χ1v) is 7.42. The standard InChI is InChI=1S/C19H21NO2/c1-3-22-18-10-5-4-9-17(18)14-20-19(21)12-11-16-8-6-7-15(2)13-16/h4-13H,3,14H2,1-2H3,(H,20,21). The van der Waals surface area contributed by atoms with E-state index in [9.17, 15) is 4.79 Å². The normalized spacial score (nSPS) is 10.6. The van der Waals surface area contributed by atoms with Crippen molar-refractivity contribution in [2.45, 2.75) is 20.4 Å². The lowest BCUT2D eigenvalue weighted by atomic mass is 10.1. The number of benzene rings is 2. The third kappa shape index (κ3) is 4.77. The molecular formula is C19H21NO2. The number of rotatable bonds is 6. The first-order valence-electron chi connectivity index (χ1n) is 7.42. The number of hydrogen-bond donors (Lipinski definition) is 1. The molecule has 3 heteroatoms. The predicted octanol–water partition coefficient (Wildman–Crippen LogP) is 3.72. The van der Waals surface area contributed by atoms with Gasteiger partial charge in [0, 0.05) is 18.2 Å². The number of hydrogen-bond acceptors (Lipinski definition) is 2. The van der Waals surface area contributed by atoms with E-state index in [-0.39, 0.29) is 5.91 Å². The molecule has 2 aromatic rings. The summed E-state index contributed by atoms with van der Waals surface area (Å²) >= 11 is 0. The smallest absolute Gasteiger partial charge is 0.244 e. The van der Waals surface area contributed by atoms with Gasteiger partial charge >= 0.3 is 0 Å². The van der Waals surface area contributed by atoms with Gasteiger partial charge in [-0.3, -0.25) is 4.79 Å². The van der Waals surface area contributed by atoms with Gasteiger partial charge in [0.1, 0.15) is 5.75 Å². The van der Waals surface area contributed by atoms with Crippen LogP contribution in [0.3, 0.4) is 0 Å². The largest absolute Gasteiger partial charge is 0.494 e. The van der Waals surface area contributed by atoms with E-state index >= 15 is 0 Å². The minimum atomic E-state index is -0.118. The lowest BCUT2D eigenvalue weighted by molar-refractivity contribution is -0.116. The summed E-state index contributed by atoms with van der Waals surface area (Å²) in [6, 6.07) is 15.7. The number of amides is 1. The second-order valence-corrected chi connectivity index (χ2v) is 5.01. The molecule has 0 heterocycles. The van der Waals surface area contributed by atoms with Crippen LogP contribution in [0.25, 0.3) is 6.08 Å². The monoisotopic (exact) mass is 295 g/mol. The first-order chi connectivity index (χ1) is 10.7.